The van der Waals surface area contributed by atoms with Gasteiger partial charge in [0.25, 0.3) is 0 Å². The molecule has 2 aromatic rings. The molecule has 0 saturated carbocycles. The van der Waals surface area contributed by atoms with Gasteiger partial charge in [0, 0.05) is 23.5 Å². The van der Waals surface area contributed by atoms with Gasteiger partial charge in [0.05, 0.1) is 0 Å². The van der Waals surface area contributed by atoms with Crippen molar-refractivity contribution in [2.45, 2.75) is 10.9 Å². The molecular formula is C10H11ClN4S. The van der Waals surface area contributed by atoms with Crippen LogP contribution in [0.3, 0.4) is 0 Å². The van der Waals surface area contributed by atoms with E-state index in [-0.39, 0.29) is 0 Å². The van der Waals surface area contributed by atoms with Crippen LogP contribution >= 0.6 is 23.4 Å². The zero-order chi connectivity index (χ0) is 11.5. The normalized spacial score (nSPS) is 10.6. The third-order valence-electron chi connectivity index (χ3n) is 2.13. The molecule has 6 heteroatoms. The number of anilines is 1. The van der Waals surface area contributed by atoms with Crippen LogP contribution in [0.25, 0.3) is 0 Å². The van der Waals surface area contributed by atoms with Gasteiger partial charge in [-0.25, -0.2) is 9.67 Å². The lowest BCUT2D eigenvalue weighted by Gasteiger charge is -2.05. The monoisotopic (exact) mass is 254 g/mol. The summed E-state index contributed by atoms with van der Waals surface area (Å²) >= 11 is 7.49. The number of halogens is 1. The smallest absolute Gasteiger partial charge is 0.186 e. The lowest BCUT2D eigenvalue weighted by Crippen LogP contribution is -1.95. The summed E-state index contributed by atoms with van der Waals surface area (Å²) in [6.07, 6.45) is 1.53. The Hall–Kier alpha value is -1.20. The average molecular weight is 255 g/mol. The first kappa shape index (κ1) is 11.3. The van der Waals surface area contributed by atoms with Gasteiger partial charge in [-0.15, -0.1) is 0 Å². The van der Waals surface area contributed by atoms with Gasteiger partial charge >= 0.3 is 0 Å². The molecule has 0 amide bonds. The SMILES string of the molecule is Cn1ncnc1SCc1cc(Cl)ccc1N. The molecule has 2 N–H and O–H groups in total. The largest absolute Gasteiger partial charge is 0.398 e. The molecule has 0 aliphatic heterocycles. The van der Waals surface area contributed by atoms with E-state index in [4.69, 9.17) is 17.3 Å². The Morgan fingerprint density at radius 3 is 3.00 bits per heavy atom. The second kappa shape index (κ2) is 4.76. The quantitative estimate of drug-likeness (QED) is 0.675. The number of rotatable bonds is 3. The molecule has 0 saturated heterocycles. The Balaban J connectivity index is 2.10. The first-order chi connectivity index (χ1) is 7.66. The number of aromatic nitrogens is 3. The molecule has 84 valence electrons. The molecule has 0 radical (unpaired) electrons. The van der Waals surface area contributed by atoms with Crippen LogP contribution < -0.4 is 5.73 Å². The summed E-state index contributed by atoms with van der Waals surface area (Å²) in [5, 5.41) is 5.55. The first-order valence-electron chi connectivity index (χ1n) is 4.67. The Morgan fingerprint density at radius 1 is 1.50 bits per heavy atom. The van der Waals surface area contributed by atoms with Gasteiger partial charge in [0.15, 0.2) is 5.16 Å². The van der Waals surface area contributed by atoms with Gasteiger partial charge in [-0.3, -0.25) is 0 Å². The fourth-order valence-electron chi connectivity index (χ4n) is 1.26. The summed E-state index contributed by atoms with van der Waals surface area (Å²) in [5.74, 6) is 0.735. The highest BCUT2D eigenvalue weighted by Gasteiger charge is 2.05. The molecule has 0 atom stereocenters. The minimum atomic E-state index is 0.697. The third-order valence-corrected chi connectivity index (χ3v) is 3.45. The van der Waals surface area contributed by atoms with Crippen LogP contribution in [0.15, 0.2) is 29.7 Å². The Labute approximate surface area is 103 Å². The molecule has 0 aliphatic carbocycles. The fraction of sp³-hybridized carbons (Fsp3) is 0.200. The van der Waals surface area contributed by atoms with Crippen molar-refractivity contribution in [3.8, 4) is 0 Å². The molecule has 0 bridgehead atoms. The van der Waals surface area contributed by atoms with E-state index in [2.05, 4.69) is 10.1 Å². The maximum absolute atomic E-state index is 5.91. The minimum Gasteiger partial charge on any atom is -0.398 e. The molecule has 16 heavy (non-hydrogen) atoms. The predicted molar refractivity (Wildman–Crippen MR) is 66.4 cm³/mol. The Bertz CT molecular complexity index is 497. The molecule has 0 spiro atoms. The van der Waals surface area contributed by atoms with Crippen LogP contribution in [0.1, 0.15) is 5.56 Å². The summed E-state index contributed by atoms with van der Waals surface area (Å²) in [6, 6.07) is 5.47. The van der Waals surface area contributed by atoms with Gasteiger partial charge in [-0.05, 0) is 23.8 Å². The van der Waals surface area contributed by atoms with Gasteiger partial charge in [0.2, 0.25) is 0 Å². The summed E-state index contributed by atoms with van der Waals surface area (Å²) in [5.41, 5.74) is 7.62. The number of nitrogen functional groups attached to an aromatic ring is 1. The molecule has 1 aromatic heterocycles. The van der Waals surface area contributed by atoms with Crippen LogP contribution in [0.5, 0.6) is 0 Å². The lowest BCUT2D eigenvalue weighted by molar-refractivity contribution is 0.685. The van der Waals surface area contributed by atoms with Gasteiger partial charge in [-0.2, -0.15) is 5.10 Å². The van der Waals surface area contributed by atoms with E-state index < -0.39 is 0 Å². The minimum absolute atomic E-state index is 0.697. The van der Waals surface area contributed by atoms with E-state index in [1.54, 1.807) is 22.5 Å². The van der Waals surface area contributed by atoms with E-state index in [9.17, 15) is 0 Å². The standard InChI is InChI=1S/C10H11ClN4S/c1-15-10(13-6-14-15)16-5-7-4-8(11)2-3-9(7)12/h2-4,6H,5,12H2,1H3. The average Bonchev–Trinajstić information content (AvgIpc) is 2.66. The maximum atomic E-state index is 5.91. The molecule has 0 aliphatic rings. The molecule has 1 heterocycles. The molecule has 0 unspecified atom stereocenters. The van der Waals surface area contributed by atoms with E-state index >= 15 is 0 Å². The number of aryl methyl sites for hydroxylation is 1. The second-order valence-electron chi connectivity index (χ2n) is 3.30. The highest BCUT2D eigenvalue weighted by molar-refractivity contribution is 7.98. The highest BCUT2D eigenvalue weighted by Crippen LogP contribution is 2.25. The lowest BCUT2D eigenvalue weighted by atomic mass is 10.2. The maximum Gasteiger partial charge on any atom is 0.186 e. The number of hydrogen-bond acceptors (Lipinski definition) is 4. The van der Waals surface area contributed by atoms with E-state index in [1.807, 2.05) is 19.2 Å². The van der Waals surface area contributed by atoms with Crippen LogP contribution in [0, 0.1) is 0 Å². The van der Waals surface area contributed by atoms with Gasteiger partial charge < -0.3 is 5.73 Å². The number of nitrogens with two attached hydrogens (primary N) is 1. The van der Waals surface area contributed by atoms with Crippen molar-refractivity contribution in [1.29, 1.82) is 0 Å². The van der Waals surface area contributed by atoms with Crippen molar-refractivity contribution in [3.05, 3.63) is 35.1 Å². The third kappa shape index (κ3) is 2.48. The fourth-order valence-corrected chi connectivity index (χ4v) is 2.34. The molecule has 2 rings (SSSR count). The van der Waals surface area contributed by atoms with E-state index in [0.717, 1.165) is 22.2 Å². The Morgan fingerprint density at radius 2 is 2.31 bits per heavy atom. The van der Waals surface area contributed by atoms with E-state index in [1.165, 1.54) is 6.33 Å². The number of nitrogens with zero attached hydrogens (tertiary/aromatic N) is 3. The summed E-state index contributed by atoms with van der Waals surface area (Å²) in [7, 11) is 1.86. The van der Waals surface area contributed by atoms with E-state index in [0.29, 0.717) is 5.02 Å². The molecule has 1 aromatic carbocycles. The summed E-state index contributed by atoms with van der Waals surface area (Å²) in [6.45, 7) is 0. The zero-order valence-corrected chi connectivity index (χ0v) is 10.3. The van der Waals surface area contributed by atoms with Crippen molar-refractivity contribution in [2.75, 3.05) is 5.73 Å². The zero-order valence-electron chi connectivity index (χ0n) is 8.72. The van der Waals surface area contributed by atoms with Gasteiger partial charge in [-0.1, -0.05) is 23.4 Å². The van der Waals surface area contributed by atoms with Crippen molar-refractivity contribution in [1.82, 2.24) is 14.8 Å². The molecular weight excluding hydrogens is 244 g/mol. The van der Waals surface area contributed by atoms with Crippen molar-refractivity contribution < 1.29 is 0 Å². The molecule has 0 fully saturated rings. The molecule has 4 nitrogen and oxygen atoms in total. The predicted octanol–water partition coefficient (Wildman–Crippen LogP) is 2.34. The second-order valence-corrected chi connectivity index (χ2v) is 4.68. The number of hydrogen-bond donors (Lipinski definition) is 1. The van der Waals surface area contributed by atoms with Gasteiger partial charge in [0.1, 0.15) is 6.33 Å². The van der Waals surface area contributed by atoms with Crippen LogP contribution in [-0.4, -0.2) is 14.8 Å². The van der Waals surface area contributed by atoms with Crippen LogP contribution in [-0.2, 0) is 12.8 Å². The van der Waals surface area contributed by atoms with Crippen molar-refractivity contribution >= 4 is 29.1 Å². The van der Waals surface area contributed by atoms with Crippen molar-refractivity contribution in [3.63, 3.8) is 0 Å². The van der Waals surface area contributed by atoms with Crippen molar-refractivity contribution in [2.24, 2.45) is 7.05 Å². The topological polar surface area (TPSA) is 56.7 Å². The Kier molecular flexibility index (Phi) is 3.36. The number of thioether (sulfide) groups is 1. The summed E-state index contributed by atoms with van der Waals surface area (Å²) in [4.78, 5) is 4.12. The van der Waals surface area contributed by atoms with Crippen LogP contribution in [0.4, 0.5) is 5.69 Å². The number of benzene rings is 1. The first-order valence-corrected chi connectivity index (χ1v) is 6.04. The van der Waals surface area contributed by atoms with Crippen LogP contribution in [0.2, 0.25) is 5.02 Å². The summed E-state index contributed by atoms with van der Waals surface area (Å²) < 4.78 is 1.73. The highest BCUT2D eigenvalue weighted by atomic mass is 35.5.